The summed E-state index contributed by atoms with van der Waals surface area (Å²) in [7, 11) is -1.78. The number of benzene rings is 14. The molecule has 460 valence electrons. The van der Waals surface area contributed by atoms with Crippen LogP contribution in [0.25, 0.3) is 22.6 Å². The van der Waals surface area contributed by atoms with Crippen LogP contribution in [0.15, 0.2) is 405 Å². The van der Waals surface area contributed by atoms with Crippen LogP contribution >= 0.6 is 31.7 Å². The quantitative estimate of drug-likeness (QED) is 0.0892. The van der Waals surface area contributed by atoms with E-state index in [0.717, 1.165) is 5.56 Å². The van der Waals surface area contributed by atoms with Gasteiger partial charge in [0.2, 0.25) is 5.89 Å². The van der Waals surface area contributed by atoms with Gasteiger partial charge in [0.15, 0.2) is 5.58 Å². The summed E-state index contributed by atoms with van der Waals surface area (Å²) in [5, 5.41) is 35.6. The Morgan fingerprint density at radius 1 is 0.253 bits per heavy atom. The number of fused-ring (bicyclic) bond motifs is 1. The van der Waals surface area contributed by atoms with Crippen molar-refractivity contribution in [3.8, 4) is 35.3 Å². The van der Waals surface area contributed by atoms with E-state index in [1.54, 1.807) is 24.3 Å². The Labute approximate surface area is 563 Å². The number of rotatable bonds is 13. The van der Waals surface area contributed by atoms with E-state index in [2.05, 4.69) is 375 Å². The maximum Gasteiger partial charge on any atom is 0.227 e. The van der Waals surface area contributed by atoms with Crippen LogP contribution in [0.1, 0.15) is 5.56 Å². The predicted molar refractivity (Wildman–Crippen MR) is 411 cm³/mol. The minimum atomic E-state index is -0.446. The van der Waals surface area contributed by atoms with Crippen LogP contribution in [-0.2, 0) is 0 Å². The molecular formula is C87H69NO3P4. The van der Waals surface area contributed by atoms with Crippen molar-refractivity contribution >= 4 is 106 Å². The molecule has 14 aromatic carbocycles. The highest BCUT2D eigenvalue weighted by Crippen LogP contribution is 2.36. The van der Waals surface area contributed by atoms with Crippen molar-refractivity contribution in [2.24, 2.45) is 0 Å². The second kappa shape index (κ2) is 34.9. The van der Waals surface area contributed by atoms with Crippen molar-refractivity contribution in [1.82, 2.24) is 4.98 Å². The highest BCUT2D eigenvalue weighted by atomic mass is 31.1. The molecule has 95 heavy (non-hydrogen) atoms. The molecule has 1 heterocycles. The number of oxazole rings is 1. The molecule has 0 fully saturated rings. The molecule has 0 bridgehead atoms. The van der Waals surface area contributed by atoms with Gasteiger partial charge in [0, 0.05) is 11.6 Å². The highest BCUT2D eigenvalue weighted by molar-refractivity contribution is 7.81. The maximum absolute atomic E-state index is 9.55. The van der Waals surface area contributed by atoms with Gasteiger partial charge in [-0.2, -0.15) is 0 Å². The molecular weight excluding hydrogens is 1230 g/mol. The highest BCUT2D eigenvalue weighted by Gasteiger charge is 2.19. The Morgan fingerprint density at radius 2 is 0.453 bits per heavy atom. The van der Waals surface area contributed by atoms with Crippen molar-refractivity contribution in [2.45, 2.75) is 0 Å². The average molecular weight is 1300 g/mol. The molecule has 0 unspecified atom stereocenters. The van der Waals surface area contributed by atoms with Crippen molar-refractivity contribution in [2.75, 3.05) is 0 Å². The summed E-state index contributed by atoms with van der Waals surface area (Å²) < 4.78 is 5.62. The summed E-state index contributed by atoms with van der Waals surface area (Å²) in [6, 6.07) is 139. The fourth-order valence-electron chi connectivity index (χ4n) is 10.6. The molecule has 4 nitrogen and oxygen atoms in total. The lowest BCUT2D eigenvalue weighted by Crippen LogP contribution is -2.20. The van der Waals surface area contributed by atoms with E-state index in [0.29, 0.717) is 22.6 Å². The summed E-state index contributed by atoms with van der Waals surface area (Å²) in [5.74, 6) is 3.05. The number of hydrogen-bond acceptors (Lipinski definition) is 4. The molecule has 0 atom stereocenters. The number of aromatic nitrogens is 1. The number of aromatic hydroxyl groups is 2. The van der Waals surface area contributed by atoms with Gasteiger partial charge in [-0.1, -0.05) is 370 Å². The van der Waals surface area contributed by atoms with Crippen molar-refractivity contribution in [3.05, 3.63) is 406 Å². The molecule has 0 amide bonds. The van der Waals surface area contributed by atoms with Crippen LogP contribution in [0.2, 0.25) is 0 Å². The molecule has 0 saturated carbocycles. The van der Waals surface area contributed by atoms with Gasteiger partial charge in [0.05, 0.1) is 5.56 Å². The van der Waals surface area contributed by atoms with E-state index in [4.69, 9.17) is 10.8 Å². The maximum atomic E-state index is 9.55. The molecule has 0 radical (unpaired) electrons. The van der Waals surface area contributed by atoms with E-state index in [1.807, 2.05) is 0 Å². The van der Waals surface area contributed by atoms with Gasteiger partial charge < -0.3 is 14.6 Å². The summed E-state index contributed by atoms with van der Waals surface area (Å²) in [5.41, 5.74) is 2.13. The second-order valence-electron chi connectivity index (χ2n) is 21.4. The number of nitrogens with zero attached hydrogens (tertiary/aromatic N) is 1. The van der Waals surface area contributed by atoms with Crippen molar-refractivity contribution < 1.29 is 14.6 Å². The predicted octanol–water partition coefficient (Wildman–Crippen LogP) is 16.7. The largest absolute Gasteiger partial charge is 0.508 e. The molecule has 15 rings (SSSR count). The minimum Gasteiger partial charge on any atom is -0.508 e. The summed E-state index contributed by atoms with van der Waals surface area (Å²) >= 11 is 0. The van der Waals surface area contributed by atoms with E-state index in [1.165, 1.54) is 75.8 Å². The lowest BCUT2D eigenvalue weighted by molar-refractivity contribution is 0.474. The fourth-order valence-corrected chi connectivity index (χ4v) is 19.8. The minimum absolute atomic E-state index is 0.0472. The van der Waals surface area contributed by atoms with Crippen LogP contribution < -0.4 is 63.7 Å². The molecule has 0 aliphatic carbocycles. The molecule has 0 saturated heterocycles. The van der Waals surface area contributed by atoms with Gasteiger partial charge in [-0.15, -0.1) is 6.42 Å². The molecule has 8 heteroatoms. The van der Waals surface area contributed by atoms with Crippen LogP contribution in [0.3, 0.4) is 0 Å². The summed E-state index contributed by atoms with van der Waals surface area (Å²) in [6.07, 6.45) is 5.37. The first-order valence-corrected chi connectivity index (χ1v) is 36.5. The molecule has 0 aliphatic rings. The molecule has 0 aliphatic heterocycles. The van der Waals surface area contributed by atoms with Gasteiger partial charge in [0.1, 0.15) is 17.0 Å². The van der Waals surface area contributed by atoms with E-state index < -0.39 is 31.7 Å². The Morgan fingerprint density at radius 3 is 0.642 bits per heavy atom. The normalized spacial score (nSPS) is 10.6. The zero-order chi connectivity index (χ0) is 65.1. The van der Waals surface area contributed by atoms with Crippen molar-refractivity contribution in [3.63, 3.8) is 0 Å². The SMILES string of the molecule is C#Cc1cc(O)cc2nc(-c3ccc(O)cc3)oc12.c1ccc(P(c2ccccc2)c2ccccc2)cc1.c1ccc(P(c2ccccc2)c2ccccc2)cc1.c1ccc(P(c2ccccc2)c2ccccc2)cc1.c1ccc(P(c2ccccc2)c2ccccc2)cc1. The molecule has 0 spiro atoms. The Kier molecular flexibility index (Phi) is 24.2. The lowest BCUT2D eigenvalue weighted by atomic mass is 10.2. The summed E-state index contributed by atoms with van der Waals surface area (Å²) in [6.45, 7) is 0. The number of phenols is 2. The molecule has 1 aromatic heterocycles. The summed E-state index contributed by atoms with van der Waals surface area (Å²) in [4.78, 5) is 4.28. The smallest absolute Gasteiger partial charge is 0.227 e. The number of terminal acetylenes is 1. The third-order valence-corrected chi connectivity index (χ3v) is 24.7. The van der Waals surface area contributed by atoms with E-state index in [9.17, 15) is 10.2 Å². The van der Waals surface area contributed by atoms with Gasteiger partial charge >= 0.3 is 0 Å². The first-order valence-electron chi connectivity index (χ1n) is 31.2. The first-order chi connectivity index (χ1) is 47.0. The van der Waals surface area contributed by atoms with Crippen LogP contribution in [0.5, 0.6) is 11.5 Å². The van der Waals surface area contributed by atoms with E-state index >= 15 is 0 Å². The van der Waals surface area contributed by atoms with Crippen LogP contribution in [-0.4, -0.2) is 15.2 Å². The standard InChI is InChI=1S/4C18H15P.C15H9NO3/c4*1-4-10-16(11-5-1)19(17-12-6-2-7-13-17)18-14-8-3-9-15-18;1-2-9-7-12(18)8-13-14(9)19-15(16-13)10-3-5-11(17)6-4-10/h4*1-15H;1,3-8,17-18H. The van der Waals surface area contributed by atoms with Crippen molar-refractivity contribution in [1.29, 1.82) is 0 Å². The zero-order valence-electron chi connectivity index (χ0n) is 52.2. The number of phenolic OH excluding ortho intramolecular Hbond substituents is 2. The molecule has 2 N–H and O–H groups in total. The van der Waals surface area contributed by atoms with E-state index in [-0.39, 0.29) is 11.5 Å². The topological polar surface area (TPSA) is 66.5 Å². The third kappa shape index (κ3) is 18.4. The number of hydrogen-bond donors (Lipinski definition) is 2. The van der Waals surface area contributed by atoms with Gasteiger partial charge in [-0.05, 0) is 126 Å². The second-order valence-corrected chi connectivity index (χ2v) is 30.3. The first kappa shape index (κ1) is 65.9. The fraction of sp³-hybridized carbons (Fsp3) is 0. The van der Waals surface area contributed by atoms with Gasteiger partial charge in [0.25, 0.3) is 0 Å². The average Bonchev–Trinajstić information content (AvgIpc) is 1.79. The lowest BCUT2D eigenvalue weighted by Gasteiger charge is -2.18. The monoisotopic (exact) mass is 1300 g/mol. The third-order valence-electron chi connectivity index (χ3n) is 14.9. The van der Waals surface area contributed by atoms with Gasteiger partial charge in [-0.25, -0.2) is 4.98 Å². The molecule has 15 aromatic rings. The zero-order valence-corrected chi connectivity index (χ0v) is 55.8. The Hall–Kier alpha value is -10.6. The van der Waals surface area contributed by atoms with Crippen LogP contribution in [0.4, 0.5) is 0 Å². The Bertz CT molecular complexity index is 3850. The van der Waals surface area contributed by atoms with Crippen LogP contribution in [0, 0.1) is 12.3 Å². The van der Waals surface area contributed by atoms with Gasteiger partial charge in [-0.3, -0.25) is 0 Å². The Balaban J connectivity index is 0.000000121.